The van der Waals surface area contributed by atoms with Gasteiger partial charge in [-0.05, 0) is 16.7 Å². The number of H-pyrrole nitrogens is 1. The Morgan fingerprint density at radius 1 is 0.750 bits per heavy atom. The summed E-state index contributed by atoms with van der Waals surface area (Å²) in [5, 5.41) is 0. The molecule has 1 N–H and O–H groups in total. The molecular formula is C31H30N4O4S. The number of nitrogens with one attached hydrogen (secondary N) is 1. The summed E-state index contributed by atoms with van der Waals surface area (Å²) in [5.41, 5.74) is 4.54. The van der Waals surface area contributed by atoms with Gasteiger partial charge in [0.15, 0.2) is 10.9 Å². The van der Waals surface area contributed by atoms with Crippen molar-refractivity contribution in [1.29, 1.82) is 0 Å². The molecule has 0 aliphatic carbocycles. The second kappa shape index (κ2) is 12.6. The third-order valence-corrected chi connectivity index (χ3v) is 7.20. The fourth-order valence-corrected chi connectivity index (χ4v) is 5.11. The number of aromatic amines is 1. The lowest BCUT2D eigenvalue weighted by atomic mass is 10.1. The van der Waals surface area contributed by atoms with Crippen LogP contribution in [0.25, 0.3) is 11.2 Å². The van der Waals surface area contributed by atoms with E-state index in [0.29, 0.717) is 42.2 Å². The maximum Gasteiger partial charge on any atom is 0.166 e. The van der Waals surface area contributed by atoms with E-state index in [1.54, 1.807) is 12.7 Å². The van der Waals surface area contributed by atoms with E-state index in [1.165, 1.54) is 0 Å². The van der Waals surface area contributed by atoms with Crippen molar-refractivity contribution in [3.63, 3.8) is 0 Å². The van der Waals surface area contributed by atoms with Gasteiger partial charge in [-0.1, -0.05) is 103 Å². The molecule has 8 nitrogen and oxygen atoms in total. The summed E-state index contributed by atoms with van der Waals surface area (Å²) in [6.07, 6.45) is 1.49. The van der Waals surface area contributed by atoms with Crippen LogP contribution in [0.5, 0.6) is 0 Å². The predicted octanol–water partition coefficient (Wildman–Crippen LogP) is 5.77. The molecule has 9 heteroatoms. The maximum atomic E-state index is 6.67. The van der Waals surface area contributed by atoms with Gasteiger partial charge in [0.05, 0.1) is 39.1 Å². The summed E-state index contributed by atoms with van der Waals surface area (Å²) in [6, 6.07) is 30.3. The van der Waals surface area contributed by atoms with Crippen molar-refractivity contribution in [2.45, 2.75) is 44.4 Å². The molecule has 1 saturated heterocycles. The molecule has 4 unspecified atom stereocenters. The van der Waals surface area contributed by atoms with Crippen LogP contribution in [0.15, 0.2) is 104 Å². The summed E-state index contributed by atoms with van der Waals surface area (Å²) in [5.74, 6) is 0. The summed E-state index contributed by atoms with van der Waals surface area (Å²) in [7, 11) is 0. The highest BCUT2D eigenvalue weighted by atomic mass is 32.1. The SMILES string of the molecule is S=c1nc[nH]c2c1ncn2C1OC(COCc2ccccc2)C(OCc2ccccc2)C1OCc1ccccc1. The highest BCUT2D eigenvalue weighted by Crippen LogP contribution is 2.36. The molecule has 204 valence electrons. The van der Waals surface area contributed by atoms with Crippen LogP contribution < -0.4 is 0 Å². The molecule has 6 rings (SSSR count). The monoisotopic (exact) mass is 554 g/mol. The first-order chi connectivity index (χ1) is 19.8. The second-order valence-corrected chi connectivity index (χ2v) is 10.0. The normalized spacial score (nSPS) is 20.7. The van der Waals surface area contributed by atoms with E-state index in [4.69, 9.17) is 31.2 Å². The third kappa shape index (κ3) is 6.04. The van der Waals surface area contributed by atoms with Crippen molar-refractivity contribution >= 4 is 23.4 Å². The molecule has 1 aliphatic heterocycles. The lowest BCUT2D eigenvalue weighted by Crippen LogP contribution is -2.38. The Labute approximate surface area is 237 Å². The first kappa shape index (κ1) is 26.5. The Hall–Kier alpha value is -3.73. The lowest BCUT2D eigenvalue weighted by molar-refractivity contribution is -0.0913. The number of hydrogen-bond donors (Lipinski definition) is 1. The predicted molar refractivity (Wildman–Crippen MR) is 153 cm³/mol. The molecule has 5 aromatic rings. The molecule has 0 radical (unpaired) electrons. The summed E-state index contributed by atoms with van der Waals surface area (Å²) in [4.78, 5) is 11.9. The van der Waals surface area contributed by atoms with Crippen molar-refractivity contribution in [2.24, 2.45) is 0 Å². The largest absolute Gasteiger partial charge is 0.374 e. The summed E-state index contributed by atoms with van der Waals surface area (Å²) in [6.45, 7) is 1.62. The highest BCUT2D eigenvalue weighted by molar-refractivity contribution is 7.71. The van der Waals surface area contributed by atoms with Gasteiger partial charge >= 0.3 is 0 Å². The van der Waals surface area contributed by atoms with Gasteiger partial charge in [-0.25, -0.2) is 9.97 Å². The number of ether oxygens (including phenoxy) is 4. The van der Waals surface area contributed by atoms with E-state index < -0.39 is 18.4 Å². The number of aromatic nitrogens is 4. The van der Waals surface area contributed by atoms with Crippen molar-refractivity contribution in [2.75, 3.05) is 6.61 Å². The van der Waals surface area contributed by atoms with Crippen LogP contribution in [0.2, 0.25) is 0 Å². The van der Waals surface area contributed by atoms with Gasteiger partial charge < -0.3 is 23.9 Å². The summed E-state index contributed by atoms with van der Waals surface area (Å²) < 4.78 is 28.3. The van der Waals surface area contributed by atoms with Crippen LogP contribution in [-0.2, 0) is 38.8 Å². The van der Waals surface area contributed by atoms with E-state index in [2.05, 4.69) is 15.0 Å². The molecule has 3 heterocycles. The van der Waals surface area contributed by atoms with E-state index in [0.717, 1.165) is 16.7 Å². The van der Waals surface area contributed by atoms with Gasteiger partial charge in [-0.2, -0.15) is 0 Å². The zero-order chi connectivity index (χ0) is 27.1. The number of imidazole rings is 1. The Morgan fingerprint density at radius 3 is 1.95 bits per heavy atom. The Balaban J connectivity index is 1.30. The molecule has 0 spiro atoms. The lowest BCUT2D eigenvalue weighted by Gasteiger charge is -2.25. The zero-order valence-corrected chi connectivity index (χ0v) is 22.7. The topological polar surface area (TPSA) is 83.4 Å². The standard InChI is InChI=1S/C31H30N4O4S/c40-30-26-29(32-20-33-30)35(21-34-26)31-28(38-18-24-14-8-3-9-15-24)27(37-17-23-12-6-2-7-13-23)25(39-31)19-36-16-22-10-4-1-5-11-22/h1-15,20-21,25,27-28,31H,16-19H2,(H,32,33,40). The van der Waals surface area contributed by atoms with Crippen molar-refractivity contribution < 1.29 is 18.9 Å². The first-order valence-electron chi connectivity index (χ1n) is 13.2. The molecular weight excluding hydrogens is 524 g/mol. The van der Waals surface area contributed by atoms with E-state index in [-0.39, 0.29) is 6.10 Å². The molecule has 1 aliphatic rings. The van der Waals surface area contributed by atoms with Gasteiger partial charge in [-0.15, -0.1) is 0 Å². The van der Waals surface area contributed by atoms with Crippen LogP contribution in [0.4, 0.5) is 0 Å². The first-order valence-corrected chi connectivity index (χ1v) is 13.7. The van der Waals surface area contributed by atoms with Gasteiger partial charge in [0.2, 0.25) is 0 Å². The molecule has 0 bridgehead atoms. The molecule has 0 saturated carbocycles. The van der Waals surface area contributed by atoms with Crippen LogP contribution in [0.3, 0.4) is 0 Å². The van der Waals surface area contributed by atoms with Crippen molar-refractivity contribution in [1.82, 2.24) is 19.5 Å². The van der Waals surface area contributed by atoms with Gasteiger partial charge in [-0.3, -0.25) is 4.57 Å². The van der Waals surface area contributed by atoms with Gasteiger partial charge in [0.1, 0.15) is 29.5 Å². The van der Waals surface area contributed by atoms with Gasteiger partial charge in [0.25, 0.3) is 0 Å². The minimum atomic E-state index is -0.534. The molecule has 4 atom stereocenters. The van der Waals surface area contributed by atoms with Crippen LogP contribution in [0, 0.1) is 4.64 Å². The highest BCUT2D eigenvalue weighted by Gasteiger charge is 2.48. The minimum Gasteiger partial charge on any atom is -0.374 e. The van der Waals surface area contributed by atoms with Crippen LogP contribution in [0.1, 0.15) is 22.9 Å². The Bertz CT molecular complexity index is 1560. The van der Waals surface area contributed by atoms with E-state index in [1.807, 2.05) is 95.6 Å². The number of rotatable bonds is 11. The Morgan fingerprint density at radius 2 is 1.32 bits per heavy atom. The minimum absolute atomic E-state index is 0.334. The fourth-order valence-electron chi connectivity index (χ4n) is 4.91. The molecule has 0 amide bonds. The number of benzene rings is 3. The summed E-state index contributed by atoms with van der Waals surface area (Å²) >= 11 is 5.41. The second-order valence-electron chi connectivity index (χ2n) is 9.65. The van der Waals surface area contributed by atoms with Gasteiger partial charge in [0, 0.05) is 0 Å². The quantitative estimate of drug-likeness (QED) is 0.208. The van der Waals surface area contributed by atoms with Crippen molar-refractivity contribution in [3.8, 4) is 0 Å². The zero-order valence-electron chi connectivity index (χ0n) is 21.8. The van der Waals surface area contributed by atoms with Crippen LogP contribution >= 0.6 is 12.2 Å². The average molecular weight is 555 g/mol. The Kier molecular flexibility index (Phi) is 8.36. The third-order valence-electron chi connectivity index (χ3n) is 6.90. The van der Waals surface area contributed by atoms with Crippen molar-refractivity contribution in [3.05, 3.63) is 125 Å². The number of hydrogen-bond acceptors (Lipinski definition) is 7. The van der Waals surface area contributed by atoms with Crippen LogP contribution in [-0.4, -0.2) is 44.4 Å². The average Bonchev–Trinajstić information content (AvgIpc) is 3.58. The molecule has 40 heavy (non-hydrogen) atoms. The number of fused-ring (bicyclic) bond motifs is 1. The number of nitrogens with zero attached hydrogens (tertiary/aromatic N) is 3. The molecule has 3 aromatic carbocycles. The smallest absolute Gasteiger partial charge is 0.166 e. The van der Waals surface area contributed by atoms with E-state index in [9.17, 15) is 0 Å². The molecule has 1 fully saturated rings. The van der Waals surface area contributed by atoms with E-state index >= 15 is 0 Å². The fraction of sp³-hybridized carbons (Fsp3) is 0.258. The maximum absolute atomic E-state index is 6.67. The molecule has 2 aromatic heterocycles.